The van der Waals surface area contributed by atoms with Gasteiger partial charge in [-0.15, -0.1) is 0 Å². The lowest BCUT2D eigenvalue weighted by atomic mass is 10.2. The van der Waals surface area contributed by atoms with E-state index in [1.807, 2.05) is 0 Å². The number of hydrogen-bond donors (Lipinski definition) is 1. The summed E-state index contributed by atoms with van der Waals surface area (Å²) in [7, 11) is 1.11. The van der Waals surface area contributed by atoms with Crippen molar-refractivity contribution >= 4 is 18.0 Å². The Morgan fingerprint density at radius 1 is 1.32 bits per heavy atom. The maximum Gasteiger partial charge on any atom is 0.343 e. The normalized spacial score (nSPS) is 10.5. The van der Waals surface area contributed by atoms with Crippen LogP contribution in [0.3, 0.4) is 0 Å². The van der Waals surface area contributed by atoms with Gasteiger partial charge in [-0.3, -0.25) is 0 Å². The molecule has 0 saturated carbocycles. The van der Waals surface area contributed by atoms with Crippen molar-refractivity contribution in [1.29, 1.82) is 0 Å². The zero-order chi connectivity index (χ0) is 14.4. The van der Waals surface area contributed by atoms with E-state index in [0.29, 0.717) is 0 Å². The second kappa shape index (κ2) is 6.48. The van der Waals surface area contributed by atoms with Crippen LogP contribution in [0.15, 0.2) is 18.2 Å². The highest BCUT2D eigenvalue weighted by atomic mass is 19.1. The number of esters is 1. The van der Waals surface area contributed by atoms with E-state index in [-0.39, 0.29) is 5.56 Å². The first kappa shape index (κ1) is 14.6. The van der Waals surface area contributed by atoms with E-state index in [9.17, 15) is 18.4 Å². The van der Waals surface area contributed by atoms with Crippen molar-refractivity contribution < 1.29 is 33.0 Å². The largest absolute Gasteiger partial charge is 0.478 e. The van der Waals surface area contributed by atoms with Gasteiger partial charge in [0.2, 0.25) is 0 Å². The Bertz CT molecular complexity index is 502. The molecule has 0 bridgehead atoms. The maximum atomic E-state index is 13.5. The molecule has 1 rings (SSSR count). The fourth-order valence-electron chi connectivity index (χ4n) is 1.17. The SMILES string of the molecule is COC(=O)COc1c(F)cc(C=CC(=O)O)cc1F. The van der Waals surface area contributed by atoms with E-state index >= 15 is 0 Å². The third-order valence-corrected chi connectivity index (χ3v) is 2.00. The molecule has 1 aromatic carbocycles. The summed E-state index contributed by atoms with van der Waals surface area (Å²) < 4.78 is 35.9. The van der Waals surface area contributed by atoms with Gasteiger partial charge in [0.1, 0.15) is 0 Å². The number of carboxylic acid groups (broad SMARTS) is 1. The van der Waals surface area contributed by atoms with Crippen LogP contribution in [0.2, 0.25) is 0 Å². The summed E-state index contributed by atoms with van der Waals surface area (Å²) in [6, 6.07) is 1.77. The van der Waals surface area contributed by atoms with Gasteiger partial charge in [-0.1, -0.05) is 0 Å². The second-order valence-corrected chi connectivity index (χ2v) is 3.35. The van der Waals surface area contributed by atoms with Crippen molar-refractivity contribution in [2.24, 2.45) is 0 Å². The predicted octanol–water partition coefficient (Wildman–Crippen LogP) is 1.61. The molecule has 0 aliphatic heterocycles. The van der Waals surface area contributed by atoms with E-state index in [2.05, 4.69) is 9.47 Å². The van der Waals surface area contributed by atoms with E-state index in [4.69, 9.17) is 5.11 Å². The Kier molecular flexibility index (Phi) is 4.99. The number of carbonyl (C=O) groups is 2. The minimum atomic E-state index is -1.24. The summed E-state index contributed by atoms with van der Waals surface area (Å²) >= 11 is 0. The average molecular weight is 272 g/mol. The smallest absolute Gasteiger partial charge is 0.343 e. The minimum Gasteiger partial charge on any atom is -0.478 e. The molecule has 19 heavy (non-hydrogen) atoms. The first-order chi connectivity index (χ1) is 8.93. The number of methoxy groups -OCH3 is 1. The predicted molar refractivity (Wildman–Crippen MR) is 60.5 cm³/mol. The van der Waals surface area contributed by atoms with Crippen LogP contribution in [0, 0.1) is 11.6 Å². The van der Waals surface area contributed by atoms with Crippen LogP contribution in [0.5, 0.6) is 5.75 Å². The van der Waals surface area contributed by atoms with E-state index in [0.717, 1.165) is 31.4 Å². The zero-order valence-electron chi connectivity index (χ0n) is 9.85. The average Bonchev–Trinajstić information content (AvgIpc) is 2.34. The molecule has 0 radical (unpaired) electrons. The van der Waals surface area contributed by atoms with Crippen LogP contribution < -0.4 is 4.74 Å². The van der Waals surface area contributed by atoms with Gasteiger partial charge in [-0.2, -0.15) is 0 Å². The van der Waals surface area contributed by atoms with E-state index in [1.165, 1.54) is 0 Å². The molecule has 0 aliphatic rings. The summed E-state index contributed by atoms with van der Waals surface area (Å²) in [5.41, 5.74) is 0.0165. The molecule has 0 spiro atoms. The molecule has 0 atom stereocenters. The number of halogens is 2. The molecule has 1 N–H and O–H groups in total. The third-order valence-electron chi connectivity index (χ3n) is 2.00. The first-order valence-electron chi connectivity index (χ1n) is 5.03. The quantitative estimate of drug-likeness (QED) is 0.651. The van der Waals surface area contributed by atoms with Gasteiger partial charge in [0.15, 0.2) is 24.0 Å². The van der Waals surface area contributed by atoms with Crippen molar-refractivity contribution in [2.45, 2.75) is 0 Å². The van der Waals surface area contributed by atoms with Crippen LogP contribution in [-0.4, -0.2) is 30.8 Å². The standard InChI is InChI=1S/C12H10F2O5/c1-18-11(17)6-19-12-8(13)4-7(5-9(12)14)2-3-10(15)16/h2-5H,6H2,1H3,(H,15,16). The Morgan fingerprint density at radius 3 is 2.37 bits per heavy atom. The third kappa shape index (κ3) is 4.38. The van der Waals surface area contributed by atoms with Crippen LogP contribution in [0.25, 0.3) is 6.08 Å². The van der Waals surface area contributed by atoms with Gasteiger partial charge in [-0.25, -0.2) is 18.4 Å². The first-order valence-corrected chi connectivity index (χ1v) is 5.03. The molecule has 7 heteroatoms. The number of hydrogen-bond acceptors (Lipinski definition) is 4. The molecule has 102 valence electrons. The molecule has 0 fully saturated rings. The minimum absolute atomic E-state index is 0.0165. The van der Waals surface area contributed by atoms with Crippen molar-refractivity contribution in [2.75, 3.05) is 13.7 Å². The van der Waals surface area contributed by atoms with Crippen molar-refractivity contribution in [3.05, 3.63) is 35.4 Å². The van der Waals surface area contributed by atoms with Gasteiger partial charge >= 0.3 is 11.9 Å². The lowest BCUT2D eigenvalue weighted by molar-refractivity contribution is -0.143. The Hall–Kier alpha value is -2.44. The summed E-state index contributed by atoms with van der Waals surface area (Å²) in [5, 5.41) is 8.39. The highest BCUT2D eigenvalue weighted by Gasteiger charge is 2.13. The summed E-state index contributed by atoms with van der Waals surface area (Å²) in [6.45, 7) is -0.630. The molecular formula is C12H10F2O5. The lowest BCUT2D eigenvalue weighted by Gasteiger charge is -2.07. The number of aliphatic carboxylic acids is 1. The molecule has 1 aromatic rings. The molecular weight excluding hydrogens is 262 g/mol. The molecule has 0 amide bonds. The molecule has 0 unspecified atom stereocenters. The van der Waals surface area contributed by atoms with Gasteiger partial charge in [0.25, 0.3) is 0 Å². The maximum absolute atomic E-state index is 13.5. The van der Waals surface area contributed by atoms with Crippen LogP contribution >= 0.6 is 0 Å². The van der Waals surface area contributed by atoms with Crippen molar-refractivity contribution in [1.82, 2.24) is 0 Å². The monoisotopic (exact) mass is 272 g/mol. The fraction of sp³-hybridized carbons (Fsp3) is 0.167. The van der Waals surface area contributed by atoms with E-state index < -0.39 is 35.9 Å². The van der Waals surface area contributed by atoms with E-state index in [1.54, 1.807) is 0 Å². The Morgan fingerprint density at radius 2 is 1.89 bits per heavy atom. The van der Waals surface area contributed by atoms with Crippen LogP contribution in [-0.2, 0) is 14.3 Å². The molecule has 0 heterocycles. The fourth-order valence-corrected chi connectivity index (χ4v) is 1.17. The van der Waals surface area contributed by atoms with Crippen LogP contribution in [0.4, 0.5) is 8.78 Å². The summed E-state index contributed by atoms with van der Waals surface area (Å²) in [5.74, 6) is -4.85. The number of benzene rings is 1. The lowest BCUT2D eigenvalue weighted by Crippen LogP contribution is -2.14. The highest BCUT2D eigenvalue weighted by molar-refractivity contribution is 5.85. The Balaban J connectivity index is 2.91. The molecule has 0 aromatic heterocycles. The molecule has 5 nitrogen and oxygen atoms in total. The summed E-state index contributed by atoms with van der Waals surface area (Å²) in [6.07, 6.45) is 1.77. The van der Waals surface area contributed by atoms with Crippen molar-refractivity contribution in [3.8, 4) is 5.75 Å². The van der Waals surface area contributed by atoms with Gasteiger partial charge in [0.05, 0.1) is 7.11 Å². The number of ether oxygens (including phenoxy) is 2. The number of carboxylic acids is 1. The van der Waals surface area contributed by atoms with Crippen molar-refractivity contribution in [3.63, 3.8) is 0 Å². The molecule has 0 saturated heterocycles. The zero-order valence-corrected chi connectivity index (χ0v) is 9.85. The Labute approximate surface area is 107 Å². The summed E-state index contributed by atoms with van der Waals surface area (Å²) in [4.78, 5) is 21.1. The second-order valence-electron chi connectivity index (χ2n) is 3.35. The number of rotatable bonds is 5. The van der Waals surface area contributed by atoms with Gasteiger partial charge in [0, 0.05) is 6.08 Å². The van der Waals surface area contributed by atoms with Crippen LogP contribution in [0.1, 0.15) is 5.56 Å². The van der Waals surface area contributed by atoms with Gasteiger partial charge < -0.3 is 14.6 Å². The topological polar surface area (TPSA) is 72.8 Å². The number of carbonyl (C=O) groups excluding carboxylic acids is 1. The highest BCUT2D eigenvalue weighted by Crippen LogP contribution is 2.24. The molecule has 0 aliphatic carbocycles. The van der Waals surface area contributed by atoms with Gasteiger partial charge in [-0.05, 0) is 23.8 Å².